The number of hydrogen-bond acceptors (Lipinski definition) is 6. The molecule has 0 N–H and O–H groups in total. The molecule has 0 bridgehead atoms. The first-order valence-electron chi connectivity index (χ1n) is 27.9. The van der Waals surface area contributed by atoms with Crippen molar-refractivity contribution < 1.29 is 28.6 Å². The molecule has 6 heteroatoms. The van der Waals surface area contributed by atoms with Crippen molar-refractivity contribution in [2.45, 2.75) is 277 Å². The van der Waals surface area contributed by atoms with E-state index in [1.165, 1.54) is 148 Å². The maximum Gasteiger partial charge on any atom is 0.306 e. The van der Waals surface area contributed by atoms with E-state index >= 15 is 0 Å². The predicted octanol–water partition coefficient (Wildman–Crippen LogP) is 18.6. The summed E-state index contributed by atoms with van der Waals surface area (Å²) in [5.74, 6) is -0.972. The predicted molar refractivity (Wildman–Crippen MR) is 284 cm³/mol. The Morgan fingerprint density at radius 1 is 0.318 bits per heavy atom. The van der Waals surface area contributed by atoms with E-state index in [1.807, 2.05) is 6.08 Å². The molecule has 0 unspecified atom stereocenters. The van der Waals surface area contributed by atoms with E-state index in [9.17, 15) is 14.4 Å². The molecule has 0 aliphatic heterocycles. The zero-order valence-corrected chi connectivity index (χ0v) is 43.4. The summed E-state index contributed by atoms with van der Waals surface area (Å²) in [6, 6.07) is 0. The zero-order valence-electron chi connectivity index (χ0n) is 43.4. The Bertz CT molecular complexity index is 1240. The van der Waals surface area contributed by atoms with Gasteiger partial charge in [0.1, 0.15) is 13.2 Å². The summed E-state index contributed by atoms with van der Waals surface area (Å²) in [5.41, 5.74) is 0. The first-order chi connectivity index (χ1) is 32.5. The van der Waals surface area contributed by atoms with E-state index in [1.54, 1.807) is 0 Å². The third kappa shape index (κ3) is 51.8. The molecule has 6 nitrogen and oxygen atoms in total. The Balaban J connectivity index is 4.47. The minimum Gasteiger partial charge on any atom is -0.462 e. The number of carbonyl (C=O) groups is 3. The summed E-state index contributed by atoms with van der Waals surface area (Å²) >= 11 is 0. The molecule has 0 radical (unpaired) electrons. The summed E-state index contributed by atoms with van der Waals surface area (Å²) in [5, 5.41) is 0. The van der Waals surface area contributed by atoms with Crippen molar-refractivity contribution in [2.75, 3.05) is 13.2 Å². The maximum atomic E-state index is 12.8. The lowest BCUT2D eigenvalue weighted by molar-refractivity contribution is -0.166. The minimum atomic E-state index is -0.802. The second-order valence-corrected chi connectivity index (χ2v) is 18.5. The lowest BCUT2D eigenvalue weighted by atomic mass is 10.0. The van der Waals surface area contributed by atoms with Gasteiger partial charge in [-0.05, 0) is 57.8 Å². The Hall–Kier alpha value is -3.15. The lowest BCUT2D eigenvalue weighted by Gasteiger charge is -2.18. The van der Waals surface area contributed by atoms with Gasteiger partial charge in [-0.1, -0.05) is 267 Å². The number of carbonyl (C=O) groups excluding carboxylic acids is 3. The quantitative estimate of drug-likeness (QED) is 0.0262. The highest BCUT2D eigenvalue weighted by atomic mass is 16.6. The molecule has 0 saturated carbocycles. The highest BCUT2D eigenvalue weighted by molar-refractivity contribution is 5.71. The highest BCUT2D eigenvalue weighted by Gasteiger charge is 2.19. The lowest BCUT2D eigenvalue weighted by Crippen LogP contribution is -2.30. The molecule has 0 aliphatic carbocycles. The first kappa shape index (κ1) is 62.8. The van der Waals surface area contributed by atoms with E-state index < -0.39 is 6.10 Å². The van der Waals surface area contributed by atoms with E-state index in [0.717, 1.165) is 77.0 Å². The summed E-state index contributed by atoms with van der Waals surface area (Å²) < 4.78 is 16.8. The molecule has 0 amide bonds. The largest absolute Gasteiger partial charge is 0.462 e. The van der Waals surface area contributed by atoms with Gasteiger partial charge < -0.3 is 14.2 Å². The standard InChI is InChI=1S/C60H104O6/c1-4-7-10-13-16-19-22-25-28-29-30-31-33-35-38-41-44-47-50-53-59(62)65-56-57(55-64-58(61)52-49-46-43-40-37-34-27-24-21-18-15-12-9-6-3)66-60(63)54-51-48-45-42-39-36-32-26-23-20-17-14-11-8-5-2/h7,10,16,19,25,28,30-31,35,38,44,47,57H,4-6,8-9,11-15,17-18,20-24,26-27,29,32-34,36-37,39-43,45-46,48-56H2,1-3H3/b10-7+,19-16+,28-25+,31-30+,38-35+,47-44+/t57-/m1/s1. The molecule has 380 valence electrons. The van der Waals surface area contributed by atoms with Crippen molar-refractivity contribution in [2.24, 2.45) is 0 Å². The van der Waals surface area contributed by atoms with Crippen molar-refractivity contribution in [3.63, 3.8) is 0 Å². The van der Waals surface area contributed by atoms with Crippen LogP contribution in [0.1, 0.15) is 271 Å². The number of esters is 3. The van der Waals surface area contributed by atoms with Gasteiger partial charge in [-0.15, -0.1) is 0 Å². The van der Waals surface area contributed by atoms with Crippen molar-refractivity contribution in [1.29, 1.82) is 0 Å². The molecule has 0 aliphatic rings. The van der Waals surface area contributed by atoms with Crippen LogP contribution in [-0.4, -0.2) is 37.2 Å². The highest BCUT2D eigenvalue weighted by Crippen LogP contribution is 2.16. The monoisotopic (exact) mass is 921 g/mol. The van der Waals surface area contributed by atoms with Crippen LogP contribution in [0.5, 0.6) is 0 Å². The van der Waals surface area contributed by atoms with E-state index in [-0.39, 0.29) is 37.5 Å². The van der Waals surface area contributed by atoms with E-state index in [2.05, 4.69) is 87.6 Å². The van der Waals surface area contributed by atoms with Crippen LogP contribution in [0, 0.1) is 0 Å². The molecule has 0 saturated heterocycles. The summed E-state index contributed by atoms with van der Waals surface area (Å²) in [6.45, 7) is 6.48. The molecule has 0 aromatic carbocycles. The SMILES string of the molecule is CC/C=C/C/C=C/C/C=C/C/C=C/C/C=C/C/C=C/CCC(=O)OC[C@@H](COC(=O)CCCCCCCCCCCCCCCC)OC(=O)CCCCCCCCCCCCCCCCC. The second-order valence-electron chi connectivity index (χ2n) is 18.5. The molecule has 0 rings (SSSR count). The van der Waals surface area contributed by atoms with E-state index in [4.69, 9.17) is 14.2 Å². The molecule has 1 atom stereocenters. The molecule has 0 aromatic rings. The van der Waals surface area contributed by atoms with Crippen LogP contribution in [0.25, 0.3) is 0 Å². The third-order valence-corrected chi connectivity index (χ3v) is 12.0. The maximum absolute atomic E-state index is 12.8. The average molecular weight is 921 g/mol. The van der Waals surface area contributed by atoms with E-state index in [0.29, 0.717) is 19.3 Å². The van der Waals surface area contributed by atoms with Crippen LogP contribution in [0.15, 0.2) is 72.9 Å². The summed E-state index contributed by atoms with van der Waals surface area (Å²) in [7, 11) is 0. The molecule has 0 fully saturated rings. The van der Waals surface area contributed by atoms with Crippen molar-refractivity contribution in [3.8, 4) is 0 Å². The molecular weight excluding hydrogens is 817 g/mol. The zero-order chi connectivity index (χ0) is 47.9. The van der Waals surface area contributed by atoms with Crippen LogP contribution < -0.4 is 0 Å². The fraction of sp³-hybridized carbons (Fsp3) is 0.750. The van der Waals surface area contributed by atoms with Gasteiger partial charge in [0, 0.05) is 19.3 Å². The van der Waals surface area contributed by atoms with Gasteiger partial charge >= 0.3 is 17.9 Å². The van der Waals surface area contributed by atoms with Gasteiger partial charge in [0.25, 0.3) is 0 Å². The van der Waals surface area contributed by atoms with Crippen molar-refractivity contribution in [1.82, 2.24) is 0 Å². The Morgan fingerprint density at radius 2 is 0.591 bits per heavy atom. The number of ether oxygens (including phenoxy) is 3. The van der Waals surface area contributed by atoms with Gasteiger partial charge in [0.05, 0.1) is 0 Å². The normalized spacial score (nSPS) is 12.6. The average Bonchev–Trinajstić information content (AvgIpc) is 3.31. The Kier molecular flexibility index (Phi) is 51.9. The fourth-order valence-electron chi connectivity index (χ4n) is 7.82. The van der Waals surface area contributed by atoms with Gasteiger partial charge in [-0.2, -0.15) is 0 Å². The van der Waals surface area contributed by atoms with Crippen molar-refractivity contribution in [3.05, 3.63) is 72.9 Å². The summed E-state index contributed by atoms with van der Waals surface area (Å²) in [4.78, 5) is 38.1. The first-order valence-corrected chi connectivity index (χ1v) is 27.9. The van der Waals surface area contributed by atoms with Gasteiger partial charge in [0.2, 0.25) is 0 Å². The van der Waals surface area contributed by atoms with Gasteiger partial charge in [-0.25, -0.2) is 0 Å². The Morgan fingerprint density at radius 3 is 0.924 bits per heavy atom. The van der Waals surface area contributed by atoms with Crippen molar-refractivity contribution >= 4 is 17.9 Å². The van der Waals surface area contributed by atoms with Crippen LogP contribution in [0.2, 0.25) is 0 Å². The molecule has 0 aromatic heterocycles. The van der Waals surface area contributed by atoms with Crippen LogP contribution in [0.4, 0.5) is 0 Å². The number of rotatable bonds is 50. The fourth-order valence-corrected chi connectivity index (χ4v) is 7.82. The van der Waals surface area contributed by atoms with Gasteiger partial charge in [-0.3, -0.25) is 14.4 Å². The number of unbranched alkanes of at least 4 members (excludes halogenated alkanes) is 27. The minimum absolute atomic E-state index is 0.0948. The third-order valence-electron chi connectivity index (χ3n) is 12.0. The molecular formula is C60H104O6. The smallest absolute Gasteiger partial charge is 0.306 e. The molecule has 0 spiro atoms. The Labute approximate surface area is 408 Å². The number of hydrogen-bond donors (Lipinski definition) is 0. The van der Waals surface area contributed by atoms with Crippen LogP contribution >= 0.6 is 0 Å². The number of allylic oxidation sites excluding steroid dienone is 12. The molecule has 66 heavy (non-hydrogen) atoms. The second kappa shape index (κ2) is 54.5. The summed E-state index contributed by atoms with van der Waals surface area (Å²) in [6.07, 6.45) is 69.0. The van der Waals surface area contributed by atoms with Crippen LogP contribution in [0.3, 0.4) is 0 Å². The molecule has 0 heterocycles. The van der Waals surface area contributed by atoms with Crippen LogP contribution in [-0.2, 0) is 28.6 Å². The topological polar surface area (TPSA) is 78.9 Å². The van der Waals surface area contributed by atoms with Gasteiger partial charge in [0.15, 0.2) is 6.10 Å².